The van der Waals surface area contributed by atoms with E-state index in [2.05, 4.69) is 37.0 Å². The van der Waals surface area contributed by atoms with E-state index in [1.54, 1.807) is 7.11 Å². The van der Waals surface area contributed by atoms with Crippen LogP contribution in [0.5, 0.6) is 5.75 Å². The molecular formula is C23H26N2O2. The Balaban J connectivity index is 1.55. The Bertz CT molecular complexity index is 970. The van der Waals surface area contributed by atoms with Crippen molar-refractivity contribution in [2.75, 3.05) is 13.7 Å². The second-order valence-electron chi connectivity index (χ2n) is 7.63. The van der Waals surface area contributed by atoms with Crippen molar-refractivity contribution in [3.63, 3.8) is 0 Å². The smallest absolute Gasteiger partial charge is 0.227 e. The first-order valence-electron chi connectivity index (χ1n) is 9.59. The van der Waals surface area contributed by atoms with E-state index in [1.165, 1.54) is 27.7 Å². The topological polar surface area (TPSA) is 45.3 Å². The van der Waals surface area contributed by atoms with Gasteiger partial charge in [-0.2, -0.15) is 0 Å². The van der Waals surface area contributed by atoms with Crippen LogP contribution in [-0.4, -0.2) is 29.4 Å². The zero-order valence-electron chi connectivity index (χ0n) is 16.2. The summed E-state index contributed by atoms with van der Waals surface area (Å²) in [6.45, 7) is 5.88. The van der Waals surface area contributed by atoms with E-state index in [0.29, 0.717) is 18.9 Å². The van der Waals surface area contributed by atoms with Crippen molar-refractivity contribution in [2.24, 2.45) is 0 Å². The van der Waals surface area contributed by atoms with Crippen molar-refractivity contribution in [1.82, 2.24) is 9.88 Å². The van der Waals surface area contributed by atoms with E-state index >= 15 is 0 Å². The summed E-state index contributed by atoms with van der Waals surface area (Å²) in [6, 6.07) is 14.4. The van der Waals surface area contributed by atoms with E-state index in [1.807, 2.05) is 29.2 Å². The first kappa shape index (κ1) is 17.7. The van der Waals surface area contributed by atoms with E-state index in [9.17, 15) is 4.79 Å². The molecule has 1 aliphatic rings. The molecule has 0 aliphatic carbocycles. The molecule has 4 rings (SSSR count). The standard InChI is InChI=1S/C23H26N2O2/c1-15(2)17-6-9-21-19(13-17)20-14-25(11-10-22(20)24-21)23(26)12-16-4-7-18(27-3)8-5-16/h4-9,13,15,24H,10-12,14H2,1-3H3. The predicted molar refractivity (Wildman–Crippen MR) is 108 cm³/mol. The minimum Gasteiger partial charge on any atom is -0.497 e. The second-order valence-corrected chi connectivity index (χ2v) is 7.63. The molecule has 27 heavy (non-hydrogen) atoms. The fraction of sp³-hybridized carbons (Fsp3) is 0.348. The number of fused-ring (bicyclic) bond motifs is 3. The zero-order chi connectivity index (χ0) is 19.0. The normalized spacial score (nSPS) is 13.9. The van der Waals surface area contributed by atoms with Crippen LogP contribution in [0, 0.1) is 0 Å². The number of benzene rings is 2. The minimum absolute atomic E-state index is 0.181. The van der Waals surface area contributed by atoms with Crippen molar-refractivity contribution in [3.05, 3.63) is 64.8 Å². The summed E-state index contributed by atoms with van der Waals surface area (Å²) in [4.78, 5) is 18.4. The molecule has 0 saturated heterocycles. The summed E-state index contributed by atoms with van der Waals surface area (Å²) in [5.74, 6) is 1.49. The second kappa shape index (κ2) is 7.10. The van der Waals surface area contributed by atoms with Gasteiger partial charge in [0.15, 0.2) is 0 Å². The maximum atomic E-state index is 12.8. The Morgan fingerprint density at radius 3 is 2.67 bits per heavy atom. The van der Waals surface area contributed by atoms with Crippen molar-refractivity contribution in [3.8, 4) is 5.75 Å². The highest BCUT2D eigenvalue weighted by atomic mass is 16.5. The number of carbonyl (C=O) groups excluding carboxylic acids is 1. The molecule has 1 aromatic heterocycles. The molecule has 140 valence electrons. The quantitative estimate of drug-likeness (QED) is 0.746. The minimum atomic E-state index is 0.181. The van der Waals surface area contributed by atoms with Crippen LogP contribution in [0.1, 0.15) is 42.1 Å². The van der Waals surface area contributed by atoms with Crippen LogP contribution in [0.15, 0.2) is 42.5 Å². The molecule has 2 aromatic carbocycles. The number of aromatic nitrogens is 1. The molecule has 0 spiro atoms. The number of methoxy groups -OCH3 is 1. The summed E-state index contributed by atoms with van der Waals surface area (Å²) in [6.07, 6.45) is 1.31. The average molecular weight is 362 g/mol. The Morgan fingerprint density at radius 1 is 1.19 bits per heavy atom. The van der Waals surface area contributed by atoms with Crippen LogP contribution >= 0.6 is 0 Å². The van der Waals surface area contributed by atoms with Gasteiger partial charge in [-0.05, 0) is 41.3 Å². The van der Waals surface area contributed by atoms with Gasteiger partial charge < -0.3 is 14.6 Å². The molecule has 0 fully saturated rings. The third-order valence-corrected chi connectivity index (χ3v) is 5.53. The summed E-state index contributed by atoms with van der Waals surface area (Å²) in [5, 5.41) is 1.26. The fourth-order valence-electron chi connectivity index (χ4n) is 3.83. The third-order valence-electron chi connectivity index (χ3n) is 5.53. The molecule has 0 unspecified atom stereocenters. The molecular weight excluding hydrogens is 336 g/mol. The monoisotopic (exact) mass is 362 g/mol. The lowest BCUT2D eigenvalue weighted by Gasteiger charge is -2.27. The van der Waals surface area contributed by atoms with Crippen LogP contribution in [-0.2, 0) is 24.2 Å². The zero-order valence-corrected chi connectivity index (χ0v) is 16.2. The number of ether oxygens (including phenoxy) is 1. The number of nitrogens with zero attached hydrogens (tertiary/aromatic N) is 1. The number of carbonyl (C=O) groups is 1. The Labute approximate surface area is 160 Å². The van der Waals surface area contributed by atoms with Crippen molar-refractivity contribution in [2.45, 2.75) is 39.2 Å². The lowest BCUT2D eigenvalue weighted by Crippen LogP contribution is -2.36. The average Bonchev–Trinajstić information content (AvgIpc) is 3.05. The van der Waals surface area contributed by atoms with Gasteiger partial charge in [0.25, 0.3) is 0 Å². The number of rotatable bonds is 4. The van der Waals surface area contributed by atoms with Crippen LogP contribution in [0.4, 0.5) is 0 Å². The summed E-state index contributed by atoms with van der Waals surface area (Å²) < 4.78 is 5.19. The van der Waals surface area contributed by atoms with Gasteiger partial charge in [-0.3, -0.25) is 4.79 Å². The first-order valence-corrected chi connectivity index (χ1v) is 9.59. The van der Waals surface area contributed by atoms with Gasteiger partial charge in [0, 0.05) is 41.7 Å². The van der Waals surface area contributed by atoms with Crippen LogP contribution in [0.2, 0.25) is 0 Å². The molecule has 0 bridgehead atoms. The van der Waals surface area contributed by atoms with E-state index in [0.717, 1.165) is 24.3 Å². The molecule has 2 heterocycles. The highest BCUT2D eigenvalue weighted by molar-refractivity contribution is 5.87. The third kappa shape index (κ3) is 3.44. The van der Waals surface area contributed by atoms with Crippen LogP contribution in [0.25, 0.3) is 10.9 Å². The lowest BCUT2D eigenvalue weighted by atomic mass is 9.98. The van der Waals surface area contributed by atoms with Gasteiger partial charge in [0.05, 0.1) is 13.5 Å². The molecule has 0 atom stereocenters. The number of nitrogens with one attached hydrogen (secondary N) is 1. The van der Waals surface area contributed by atoms with Gasteiger partial charge in [0.2, 0.25) is 5.91 Å². The summed E-state index contributed by atoms with van der Waals surface area (Å²) >= 11 is 0. The van der Waals surface area contributed by atoms with E-state index in [-0.39, 0.29) is 5.91 Å². The molecule has 1 amide bonds. The maximum absolute atomic E-state index is 12.8. The van der Waals surface area contributed by atoms with Gasteiger partial charge in [-0.15, -0.1) is 0 Å². The fourth-order valence-corrected chi connectivity index (χ4v) is 3.83. The Hall–Kier alpha value is -2.75. The van der Waals surface area contributed by atoms with Gasteiger partial charge in [0.1, 0.15) is 5.75 Å². The van der Waals surface area contributed by atoms with Crippen LogP contribution in [0.3, 0.4) is 0 Å². The lowest BCUT2D eigenvalue weighted by molar-refractivity contribution is -0.131. The SMILES string of the molecule is COc1ccc(CC(=O)N2CCc3[nH]c4ccc(C(C)C)cc4c3C2)cc1. The van der Waals surface area contributed by atoms with Gasteiger partial charge >= 0.3 is 0 Å². The van der Waals surface area contributed by atoms with Gasteiger partial charge in [-0.25, -0.2) is 0 Å². The molecule has 0 saturated carbocycles. The predicted octanol–water partition coefficient (Wildman–Crippen LogP) is 4.43. The summed E-state index contributed by atoms with van der Waals surface area (Å²) in [5.41, 5.74) is 6.09. The van der Waals surface area contributed by atoms with E-state index < -0.39 is 0 Å². The van der Waals surface area contributed by atoms with Gasteiger partial charge in [-0.1, -0.05) is 32.0 Å². The molecule has 4 nitrogen and oxygen atoms in total. The Kier molecular flexibility index (Phi) is 4.65. The number of hydrogen-bond donors (Lipinski definition) is 1. The molecule has 3 aromatic rings. The van der Waals surface area contributed by atoms with Crippen LogP contribution < -0.4 is 4.74 Å². The largest absolute Gasteiger partial charge is 0.497 e. The van der Waals surface area contributed by atoms with Crippen molar-refractivity contribution < 1.29 is 9.53 Å². The highest BCUT2D eigenvalue weighted by Gasteiger charge is 2.24. The Morgan fingerprint density at radius 2 is 1.96 bits per heavy atom. The molecule has 1 aliphatic heterocycles. The number of aromatic amines is 1. The molecule has 0 radical (unpaired) electrons. The highest BCUT2D eigenvalue weighted by Crippen LogP contribution is 2.30. The number of hydrogen-bond acceptors (Lipinski definition) is 2. The van der Waals surface area contributed by atoms with E-state index in [4.69, 9.17) is 4.74 Å². The number of H-pyrrole nitrogens is 1. The first-order chi connectivity index (χ1) is 13.0. The molecule has 4 heteroatoms. The van der Waals surface area contributed by atoms with Crippen molar-refractivity contribution >= 4 is 16.8 Å². The summed E-state index contributed by atoms with van der Waals surface area (Å²) in [7, 11) is 1.65. The molecule has 1 N–H and O–H groups in total. The number of amides is 1. The van der Waals surface area contributed by atoms with Crippen molar-refractivity contribution in [1.29, 1.82) is 0 Å². The maximum Gasteiger partial charge on any atom is 0.227 e.